The van der Waals surface area contributed by atoms with Crippen LogP contribution in [0.15, 0.2) is 59.0 Å². The fourth-order valence-electron chi connectivity index (χ4n) is 2.96. The second kappa shape index (κ2) is 6.98. The van der Waals surface area contributed by atoms with Gasteiger partial charge in [-0.2, -0.15) is 4.31 Å². The zero-order chi connectivity index (χ0) is 18.0. The van der Waals surface area contributed by atoms with Crippen molar-refractivity contribution in [3.8, 4) is 0 Å². The lowest BCUT2D eigenvalue weighted by Gasteiger charge is -2.33. The van der Waals surface area contributed by atoms with Crippen molar-refractivity contribution >= 4 is 26.7 Å². The summed E-state index contributed by atoms with van der Waals surface area (Å²) in [6.45, 7) is 5.20. The van der Waals surface area contributed by atoms with Crippen molar-refractivity contribution < 1.29 is 13.2 Å². The standard InChI is InChI=1S/C19H22N2O3S/c1-15(2)13-19(22)20-9-11-21(12-10-20)25(23,24)18-8-7-16-5-3-4-6-17(16)14-18/h3-8,13-14H,9-12H2,1-2H3. The van der Waals surface area contributed by atoms with Crippen LogP contribution < -0.4 is 0 Å². The quantitative estimate of drug-likeness (QED) is 0.793. The average Bonchev–Trinajstić information content (AvgIpc) is 2.61. The Bertz CT molecular complexity index is 923. The van der Waals surface area contributed by atoms with Crippen molar-refractivity contribution in [2.24, 2.45) is 0 Å². The van der Waals surface area contributed by atoms with Crippen LogP contribution >= 0.6 is 0 Å². The third-order valence-electron chi connectivity index (χ3n) is 4.32. The van der Waals surface area contributed by atoms with E-state index < -0.39 is 10.0 Å². The number of piperazine rings is 1. The molecule has 1 amide bonds. The Labute approximate surface area is 148 Å². The van der Waals surface area contributed by atoms with Gasteiger partial charge in [0.1, 0.15) is 0 Å². The molecule has 1 aliphatic rings. The van der Waals surface area contributed by atoms with Gasteiger partial charge in [0.15, 0.2) is 0 Å². The molecule has 0 N–H and O–H groups in total. The number of carbonyl (C=O) groups excluding carboxylic acids is 1. The number of fused-ring (bicyclic) bond motifs is 1. The SMILES string of the molecule is CC(C)=CC(=O)N1CCN(S(=O)(=O)c2ccc3ccccc3c2)CC1. The molecule has 132 valence electrons. The highest BCUT2D eigenvalue weighted by atomic mass is 32.2. The molecule has 0 unspecified atom stereocenters. The van der Waals surface area contributed by atoms with Crippen molar-refractivity contribution in [1.29, 1.82) is 0 Å². The normalized spacial score (nSPS) is 16.0. The molecule has 0 radical (unpaired) electrons. The van der Waals surface area contributed by atoms with Crippen molar-refractivity contribution in [2.45, 2.75) is 18.7 Å². The summed E-state index contributed by atoms with van der Waals surface area (Å²) in [5.74, 6) is -0.0530. The summed E-state index contributed by atoms with van der Waals surface area (Å²) in [6, 6.07) is 12.9. The van der Waals surface area contributed by atoms with Crippen LogP contribution in [0.2, 0.25) is 0 Å². The van der Waals surface area contributed by atoms with Crippen LogP contribution in [0.4, 0.5) is 0 Å². The fourth-order valence-corrected chi connectivity index (χ4v) is 4.42. The lowest BCUT2D eigenvalue weighted by atomic mass is 10.1. The first kappa shape index (κ1) is 17.6. The summed E-state index contributed by atoms with van der Waals surface area (Å²) in [4.78, 5) is 14.1. The minimum atomic E-state index is -3.55. The number of rotatable bonds is 3. The van der Waals surface area contributed by atoms with E-state index in [0.29, 0.717) is 31.1 Å². The van der Waals surface area contributed by atoms with Gasteiger partial charge in [-0.1, -0.05) is 35.9 Å². The van der Waals surface area contributed by atoms with E-state index in [1.165, 1.54) is 4.31 Å². The number of carbonyl (C=O) groups is 1. The van der Waals surface area contributed by atoms with E-state index >= 15 is 0 Å². The monoisotopic (exact) mass is 358 g/mol. The summed E-state index contributed by atoms with van der Waals surface area (Å²) in [5.41, 5.74) is 0.941. The molecular weight excluding hydrogens is 336 g/mol. The Morgan fingerprint density at radius 3 is 2.24 bits per heavy atom. The van der Waals surface area contributed by atoms with E-state index in [4.69, 9.17) is 0 Å². The van der Waals surface area contributed by atoms with Crippen molar-refractivity contribution in [3.63, 3.8) is 0 Å². The number of hydrogen-bond acceptors (Lipinski definition) is 3. The van der Waals surface area contributed by atoms with Crippen LogP contribution in [-0.2, 0) is 14.8 Å². The van der Waals surface area contributed by atoms with Crippen LogP contribution in [0.3, 0.4) is 0 Å². The first-order valence-electron chi connectivity index (χ1n) is 8.31. The Hall–Kier alpha value is -2.18. The van der Waals surface area contributed by atoms with Gasteiger partial charge in [0.05, 0.1) is 4.90 Å². The maximum absolute atomic E-state index is 12.9. The second-order valence-corrected chi connectivity index (χ2v) is 8.40. The van der Waals surface area contributed by atoms with E-state index in [1.807, 2.05) is 44.2 Å². The number of benzene rings is 2. The Morgan fingerprint density at radius 2 is 1.60 bits per heavy atom. The Balaban J connectivity index is 1.77. The van der Waals surface area contributed by atoms with Crippen LogP contribution in [0.1, 0.15) is 13.8 Å². The third kappa shape index (κ3) is 3.75. The van der Waals surface area contributed by atoms with Gasteiger partial charge in [0.2, 0.25) is 15.9 Å². The first-order chi connectivity index (χ1) is 11.9. The highest BCUT2D eigenvalue weighted by Crippen LogP contribution is 2.22. The molecule has 2 aromatic rings. The highest BCUT2D eigenvalue weighted by Gasteiger charge is 2.29. The van der Waals surface area contributed by atoms with E-state index in [0.717, 1.165) is 16.3 Å². The number of sulfonamides is 1. The molecule has 1 saturated heterocycles. The number of nitrogens with zero attached hydrogens (tertiary/aromatic N) is 2. The third-order valence-corrected chi connectivity index (χ3v) is 6.22. The molecule has 1 fully saturated rings. The van der Waals surface area contributed by atoms with E-state index in [1.54, 1.807) is 23.1 Å². The molecular formula is C19H22N2O3S. The van der Waals surface area contributed by atoms with Gasteiger partial charge >= 0.3 is 0 Å². The number of allylic oxidation sites excluding steroid dienone is 1. The summed E-state index contributed by atoms with van der Waals surface area (Å²) in [5, 5.41) is 1.92. The molecule has 1 heterocycles. The van der Waals surface area contributed by atoms with Gasteiger partial charge in [-0.15, -0.1) is 0 Å². The van der Waals surface area contributed by atoms with Crippen molar-refractivity contribution in [2.75, 3.05) is 26.2 Å². The van der Waals surface area contributed by atoms with Crippen LogP contribution in [0.25, 0.3) is 10.8 Å². The molecule has 0 spiro atoms. The molecule has 0 saturated carbocycles. The van der Waals surface area contributed by atoms with Gasteiger partial charge in [-0.25, -0.2) is 8.42 Å². The molecule has 1 aliphatic heterocycles. The van der Waals surface area contributed by atoms with Gasteiger partial charge in [0.25, 0.3) is 0 Å². The minimum absolute atomic E-state index is 0.0530. The first-order valence-corrected chi connectivity index (χ1v) is 9.75. The lowest BCUT2D eigenvalue weighted by molar-refractivity contribution is -0.127. The summed E-state index contributed by atoms with van der Waals surface area (Å²) in [6.07, 6.45) is 1.59. The fraction of sp³-hybridized carbons (Fsp3) is 0.316. The highest BCUT2D eigenvalue weighted by molar-refractivity contribution is 7.89. The number of amides is 1. The predicted octanol–water partition coefficient (Wildman–Crippen LogP) is 2.64. The summed E-state index contributed by atoms with van der Waals surface area (Å²) in [7, 11) is -3.55. The molecule has 3 rings (SSSR count). The zero-order valence-electron chi connectivity index (χ0n) is 14.5. The predicted molar refractivity (Wildman–Crippen MR) is 98.7 cm³/mol. The smallest absolute Gasteiger partial charge is 0.246 e. The average molecular weight is 358 g/mol. The van der Waals surface area contributed by atoms with Crippen molar-refractivity contribution in [3.05, 3.63) is 54.1 Å². The lowest BCUT2D eigenvalue weighted by Crippen LogP contribution is -2.50. The molecule has 5 nitrogen and oxygen atoms in total. The maximum atomic E-state index is 12.9. The largest absolute Gasteiger partial charge is 0.337 e. The van der Waals surface area contributed by atoms with E-state index in [2.05, 4.69) is 0 Å². The van der Waals surface area contributed by atoms with Gasteiger partial charge in [-0.3, -0.25) is 4.79 Å². The number of hydrogen-bond donors (Lipinski definition) is 0. The topological polar surface area (TPSA) is 57.7 Å². The Morgan fingerprint density at radius 1 is 0.960 bits per heavy atom. The molecule has 6 heteroatoms. The maximum Gasteiger partial charge on any atom is 0.246 e. The zero-order valence-corrected chi connectivity index (χ0v) is 15.3. The van der Waals surface area contributed by atoms with Gasteiger partial charge < -0.3 is 4.90 Å². The minimum Gasteiger partial charge on any atom is -0.337 e. The van der Waals surface area contributed by atoms with Crippen LogP contribution in [0.5, 0.6) is 0 Å². The molecule has 0 atom stereocenters. The summed E-state index contributed by atoms with van der Waals surface area (Å²) < 4.78 is 27.3. The molecule has 0 bridgehead atoms. The van der Waals surface area contributed by atoms with Crippen molar-refractivity contribution in [1.82, 2.24) is 9.21 Å². The van der Waals surface area contributed by atoms with E-state index in [9.17, 15) is 13.2 Å². The van der Waals surface area contributed by atoms with Gasteiger partial charge in [-0.05, 0) is 36.8 Å². The van der Waals surface area contributed by atoms with Crippen LogP contribution in [0, 0.1) is 0 Å². The van der Waals surface area contributed by atoms with Gasteiger partial charge in [0, 0.05) is 32.3 Å². The molecule has 0 aromatic heterocycles. The molecule has 2 aromatic carbocycles. The molecule has 25 heavy (non-hydrogen) atoms. The van der Waals surface area contributed by atoms with E-state index in [-0.39, 0.29) is 5.91 Å². The second-order valence-electron chi connectivity index (χ2n) is 6.46. The summed E-state index contributed by atoms with van der Waals surface area (Å²) >= 11 is 0. The van der Waals surface area contributed by atoms with Crippen LogP contribution in [-0.4, -0.2) is 49.7 Å². The molecule has 0 aliphatic carbocycles. The Kier molecular flexibility index (Phi) is 4.92.